The van der Waals surface area contributed by atoms with E-state index in [4.69, 9.17) is 46.5 Å². The van der Waals surface area contributed by atoms with Crippen LogP contribution in [0.1, 0.15) is 415 Å². The number of benzene rings is 1. The Labute approximate surface area is 769 Å². The lowest BCUT2D eigenvalue weighted by Gasteiger charge is -2.22. The number of rotatable bonds is 90. The minimum absolute atomic E-state index is 0.0907. The number of hydrogen-bond acceptors (Lipinski definition) is 19. The smallest absolute Gasteiger partial charge is 0.472 e. The van der Waals surface area contributed by atoms with Crippen molar-refractivity contribution in [1.29, 1.82) is 0 Å². The lowest BCUT2D eigenvalue weighted by atomic mass is 9.97. The van der Waals surface area contributed by atoms with Crippen LogP contribution in [0, 0.1) is 5.92 Å². The van der Waals surface area contributed by atoms with Crippen molar-refractivity contribution in [2.75, 3.05) is 79.1 Å². The van der Waals surface area contributed by atoms with Crippen molar-refractivity contribution in [3.05, 3.63) is 54.1 Å². The Morgan fingerprint density at radius 3 is 1.06 bits per heavy atom. The molecule has 28 heteroatoms. The molecule has 6 atom stereocenters. The van der Waals surface area contributed by atoms with Crippen molar-refractivity contribution in [2.45, 2.75) is 445 Å². The second-order valence-corrected chi connectivity index (χ2v) is 38.2. The molecule has 127 heavy (non-hydrogen) atoms. The summed E-state index contributed by atoms with van der Waals surface area (Å²) in [6.07, 6.45) is 60.1. The summed E-state index contributed by atoms with van der Waals surface area (Å²) in [5.41, 5.74) is -0.165. The van der Waals surface area contributed by atoms with Gasteiger partial charge in [0, 0.05) is 51.6 Å². The monoisotopic (exact) mass is 1840 g/mol. The van der Waals surface area contributed by atoms with Gasteiger partial charge in [-0.25, -0.2) is 13.9 Å². The van der Waals surface area contributed by atoms with Gasteiger partial charge in [-0.15, -0.1) is 0 Å². The molecule has 0 radical (unpaired) electrons. The molecular formula is C99H181N5O21P2. The summed E-state index contributed by atoms with van der Waals surface area (Å²) in [7, 11) is -9.75. The lowest BCUT2D eigenvalue weighted by molar-refractivity contribution is -0.151. The molecule has 1 aromatic carbocycles. The fraction of sp³-hybridized carbons (Fsp3) is 0.828. The van der Waals surface area contributed by atoms with Crippen LogP contribution in [0.15, 0.2) is 48.6 Å². The van der Waals surface area contributed by atoms with Gasteiger partial charge in [0.05, 0.1) is 71.5 Å². The molecule has 4 unspecified atom stereocenters. The van der Waals surface area contributed by atoms with Crippen LogP contribution in [0.25, 0.3) is 0 Å². The van der Waals surface area contributed by atoms with Crippen molar-refractivity contribution in [3.63, 3.8) is 0 Å². The molecule has 1 rings (SSSR count). The van der Waals surface area contributed by atoms with E-state index in [9.17, 15) is 52.5 Å². The zero-order chi connectivity index (χ0) is 93.2. The van der Waals surface area contributed by atoms with Gasteiger partial charge in [0.25, 0.3) is 0 Å². The highest BCUT2D eigenvalue weighted by Crippen LogP contribution is 2.44. The molecule has 0 saturated heterocycles. The normalized spacial score (nSPS) is 13.9. The van der Waals surface area contributed by atoms with E-state index in [0.29, 0.717) is 75.5 Å². The number of esters is 2. The van der Waals surface area contributed by atoms with E-state index >= 15 is 0 Å². The maximum Gasteiger partial charge on any atom is 0.472 e. The number of allylic oxidation sites excluding steroid dienone is 4. The zero-order valence-electron chi connectivity index (χ0n) is 80.9. The molecule has 26 nitrogen and oxygen atoms in total. The standard InChI is InChI=1S/C99H181N5O21P2/c1-10-16-22-28-32-36-38-42-44-50-56-62-92(105)103-86(81-116-75-70-89(60-54-48-26-20-14-5)123-94(107)64-58-52-46-40-34-30-24-18-12-3)83-121-126(112,113)119-78-73-100-96(109)91(80-85-66-68-88(69-67-85)118-77-72-102-98(111)125-99(7,8)9)97(110)101-74-79-120-127(114,115)122-84-87(104-93(106)63-57-51-45-43-39-37-33-29-23-17-11-2)82-117-76-71-90(61-55-49-27-21-15-6)124-95(108)65-59-53-47-41-35-31-25-19-13-4/h40-41,46-47,66-69,86-87,89-91H,10-39,42-45,48-65,70-84H2,1-9H3,(H,100,109)(H,101,110)(H,102,111)(H,103,105)(H,104,106)(H,112,113)(H,114,115)/b46-40-,47-41-/t86?,87?,89-,90-,91?/m1/s1. The average Bonchev–Trinajstić information content (AvgIpc) is 0.856. The number of nitrogens with one attached hydrogen (secondary N) is 5. The number of alkyl carbamates (subject to hydrolysis) is 1. The van der Waals surface area contributed by atoms with Gasteiger partial charge in [-0.05, 0) is 135 Å². The molecule has 0 bridgehead atoms. The molecule has 0 saturated carbocycles. The molecule has 5 amide bonds. The van der Waals surface area contributed by atoms with Crippen LogP contribution in [0.5, 0.6) is 5.75 Å². The first-order chi connectivity index (χ1) is 61.4. The van der Waals surface area contributed by atoms with E-state index in [1.165, 1.54) is 128 Å². The van der Waals surface area contributed by atoms with Crippen molar-refractivity contribution in [1.82, 2.24) is 26.6 Å². The largest absolute Gasteiger partial charge is 0.492 e. The first-order valence-corrected chi connectivity index (χ1v) is 53.3. The Kier molecular flexibility index (Phi) is 77.9. The number of ether oxygens (including phenoxy) is 6. The maximum absolute atomic E-state index is 14.2. The number of phosphoric acid groups is 2. The number of unbranched alkanes of at least 4 members (excludes halogenated alkanes) is 38. The van der Waals surface area contributed by atoms with Crippen LogP contribution in [0.4, 0.5) is 4.79 Å². The molecule has 0 fully saturated rings. The molecule has 738 valence electrons. The van der Waals surface area contributed by atoms with Gasteiger partial charge in [-0.2, -0.15) is 0 Å². The van der Waals surface area contributed by atoms with Crippen molar-refractivity contribution >= 4 is 57.3 Å². The number of amides is 5. The fourth-order valence-electron chi connectivity index (χ4n) is 14.4. The second kappa shape index (κ2) is 82.6. The fourth-order valence-corrected chi connectivity index (χ4v) is 16.0. The maximum atomic E-state index is 14.2. The van der Waals surface area contributed by atoms with Crippen LogP contribution in [-0.2, 0) is 86.1 Å². The molecule has 0 aromatic heterocycles. The van der Waals surface area contributed by atoms with Gasteiger partial charge in [0.1, 0.15) is 36.1 Å². The Bertz CT molecular complexity index is 2880. The Hall–Kier alpha value is -5.27. The van der Waals surface area contributed by atoms with Crippen LogP contribution in [0.2, 0.25) is 0 Å². The molecule has 1 aromatic rings. The SMILES string of the molecule is CCCCCC/C=C\CCCC(=O)O[C@H](CCCCCCC)CCOCC(COP(=O)(O)OCCNC(=O)C(Cc1ccc(OCCNC(=O)OC(C)(C)C)cc1)C(=O)NCCOP(=O)(O)OCC(COCC[C@@H](CCCCCCC)OC(=O)CCC/C=C\CCCCCC)NC(=O)CCCCCCCCCCCCC)NC(=O)CCCCCCCCCCCCC. The van der Waals surface area contributed by atoms with Gasteiger partial charge >= 0.3 is 33.7 Å². The first kappa shape index (κ1) is 120. The third kappa shape index (κ3) is 76.9. The van der Waals surface area contributed by atoms with E-state index in [1.807, 2.05) is 0 Å². The molecule has 0 aliphatic carbocycles. The molecule has 0 aliphatic heterocycles. The van der Waals surface area contributed by atoms with Crippen molar-refractivity contribution in [2.24, 2.45) is 5.92 Å². The quantitative estimate of drug-likeness (QED) is 0.00795. The number of carbonyl (C=O) groups is 7. The summed E-state index contributed by atoms with van der Waals surface area (Å²) in [6.45, 7) is 16.1. The highest BCUT2D eigenvalue weighted by molar-refractivity contribution is 7.47. The Morgan fingerprint density at radius 2 is 0.701 bits per heavy atom. The van der Waals surface area contributed by atoms with Gasteiger partial charge in [-0.3, -0.25) is 46.9 Å². The molecule has 0 heterocycles. The Morgan fingerprint density at radius 1 is 0.370 bits per heavy atom. The predicted molar refractivity (Wildman–Crippen MR) is 510 cm³/mol. The minimum Gasteiger partial charge on any atom is -0.492 e. The van der Waals surface area contributed by atoms with Crippen LogP contribution < -0.4 is 31.3 Å². The lowest BCUT2D eigenvalue weighted by Crippen LogP contribution is -2.44. The topological polar surface area (TPSA) is 347 Å². The number of phosphoric ester groups is 2. The van der Waals surface area contributed by atoms with Crippen LogP contribution in [0.3, 0.4) is 0 Å². The summed E-state index contributed by atoms with van der Waals surface area (Å²) in [5.74, 6) is -3.68. The number of hydrogen-bond donors (Lipinski definition) is 7. The zero-order valence-corrected chi connectivity index (χ0v) is 82.7. The van der Waals surface area contributed by atoms with Crippen LogP contribution in [-0.4, -0.2) is 160 Å². The third-order valence-electron chi connectivity index (χ3n) is 21.9. The van der Waals surface area contributed by atoms with Gasteiger partial charge in [-0.1, -0.05) is 296 Å². The van der Waals surface area contributed by atoms with E-state index < -0.39 is 83.6 Å². The Balaban J connectivity index is 3.33. The van der Waals surface area contributed by atoms with E-state index in [-0.39, 0.29) is 108 Å². The summed E-state index contributed by atoms with van der Waals surface area (Å²) >= 11 is 0. The van der Waals surface area contributed by atoms with E-state index in [2.05, 4.69) is 92.4 Å². The number of carbonyl (C=O) groups excluding carboxylic acids is 7. The first-order valence-electron chi connectivity index (χ1n) is 50.3. The predicted octanol–water partition coefficient (Wildman–Crippen LogP) is 23.4. The van der Waals surface area contributed by atoms with Gasteiger partial charge in [0.2, 0.25) is 23.6 Å². The highest BCUT2D eigenvalue weighted by atomic mass is 31.2. The van der Waals surface area contributed by atoms with E-state index in [0.717, 1.165) is 141 Å². The summed E-state index contributed by atoms with van der Waals surface area (Å²) in [5, 5.41) is 13.7. The van der Waals surface area contributed by atoms with Gasteiger partial charge < -0.3 is 64.8 Å². The molecular weight excluding hydrogens is 1660 g/mol. The summed E-state index contributed by atoms with van der Waals surface area (Å²) in [6, 6.07) is 4.81. The highest BCUT2D eigenvalue weighted by Gasteiger charge is 2.31. The molecule has 0 spiro atoms. The van der Waals surface area contributed by atoms with Crippen molar-refractivity contribution in [3.8, 4) is 5.75 Å². The van der Waals surface area contributed by atoms with Crippen LogP contribution >= 0.6 is 15.6 Å². The minimum atomic E-state index is -4.87. The summed E-state index contributed by atoms with van der Waals surface area (Å²) < 4.78 is 84.4. The summed E-state index contributed by atoms with van der Waals surface area (Å²) in [4.78, 5) is 116. The molecule has 7 N–H and O–H groups in total. The van der Waals surface area contributed by atoms with Gasteiger partial charge in [0.15, 0.2) is 0 Å². The van der Waals surface area contributed by atoms with E-state index in [1.54, 1.807) is 45.0 Å². The average molecular weight is 1840 g/mol. The second-order valence-electron chi connectivity index (χ2n) is 35.3. The third-order valence-corrected chi connectivity index (χ3v) is 23.9. The molecule has 0 aliphatic rings. The van der Waals surface area contributed by atoms with Crippen molar-refractivity contribution < 1.29 is 99.0 Å².